The van der Waals surface area contributed by atoms with Crippen LogP contribution in [0.4, 0.5) is 0 Å². The van der Waals surface area contributed by atoms with E-state index in [4.69, 9.17) is 9.47 Å². The van der Waals surface area contributed by atoms with Crippen LogP contribution in [0.3, 0.4) is 0 Å². The van der Waals surface area contributed by atoms with E-state index in [0.29, 0.717) is 0 Å². The standard InChI is InChI=1S/C44H54O2S2/c1-3-5-7-9-11-13-15-17-35-45-39-25-19-37(20-26-39)23-29-41-31-33-43(47-41)44-34-32-42(48-44)30-24-38-21-27-40(28-22-38)46-36-18-16-14-12-10-8-6-4-2/h19-22,25-28,31-34H,3-18,35-36H2,1-2H3. The third kappa shape index (κ3) is 14.8. The molecular weight excluding hydrogens is 625 g/mol. The van der Waals surface area contributed by atoms with Crippen LogP contribution in [0.1, 0.15) is 137 Å². The van der Waals surface area contributed by atoms with E-state index < -0.39 is 0 Å². The summed E-state index contributed by atoms with van der Waals surface area (Å²) in [5.74, 6) is 15.1. The molecule has 2 heterocycles. The molecule has 4 aromatic rings. The van der Waals surface area contributed by atoms with Gasteiger partial charge in [0.2, 0.25) is 0 Å². The van der Waals surface area contributed by atoms with Gasteiger partial charge in [0, 0.05) is 20.9 Å². The van der Waals surface area contributed by atoms with Gasteiger partial charge in [-0.05, 0) is 85.6 Å². The van der Waals surface area contributed by atoms with Crippen LogP contribution in [0.15, 0.2) is 72.8 Å². The highest BCUT2D eigenvalue weighted by Gasteiger charge is 2.05. The molecule has 0 aliphatic rings. The molecule has 0 bridgehead atoms. The smallest absolute Gasteiger partial charge is 0.119 e. The first kappa shape index (κ1) is 37.4. The highest BCUT2D eigenvalue weighted by atomic mass is 32.1. The Kier molecular flexibility index (Phi) is 17.9. The van der Waals surface area contributed by atoms with Crippen LogP contribution in [0.25, 0.3) is 9.75 Å². The van der Waals surface area contributed by atoms with Gasteiger partial charge in [-0.15, -0.1) is 22.7 Å². The van der Waals surface area contributed by atoms with Gasteiger partial charge >= 0.3 is 0 Å². The Labute approximate surface area is 299 Å². The fourth-order valence-electron chi connectivity index (χ4n) is 5.46. The summed E-state index contributed by atoms with van der Waals surface area (Å²) in [6, 6.07) is 24.9. The van der Waals surface area contributed by atoms with Crippen molar-refractivity contribution < 1.29 is 9.47 Å². The van der Waals surface area contributed by atoms with Crippen LogP contribution in [0.5, 0.6) is 11.5 Å². The third-order valence-corrected chi connectivity index (χ3v) is 10.6. The molecule has 0 atom stereocenters. The van der Waals surface area contributed by atoms with Crippen molar-refractivity contribution in [2.45, 2.75) is 117 Å². The number of hydrogen-bond donors (Lipinski definition) is 0. The Morgan fingerprint density at radius 1 is 0.396 bits per heavy atom. The van der Waals surface area contributed by atoms with Gasteiger partial charge in [0.1, 0.15) is 11.5 Å². The second-order valence-electron chi connectivity index (χ2n) is 12.5. The molecular formula is C44H54O2S2. The normalized spacial score (nSPS) is 10.6. The molecule has 2 nitrogen and oxygen atoms in total. The second-order valence-corrected chi connectivity index (χ2v) is 14.7. The van der Waals surface area contributed by atoms with E-state index >= 15 is 0 Å². The second kappa shape index (κ2) is 23.0. The van der Waals surface area contributed by atoms with Gasteiger partial charge in [0.25, 0.3) is 0 Å². The lowest BCUT2D eigenvalue weighted by Gasteiger charge is -2.06. The number of thiophene rings is 2. The molecule has 0 aliphatic carbocycles. The summed E-state index contributed by atoms with van der Waals surface area (Å²) in [7, 11) is 0. The summed E-state index contributed by atoms with van der Waals surface area (Å²) in [6.07, 6.45) is 21.0. The van der Waals surface area contributed by atoms with E-state index in [-0.39, 0.29) is 0 Å². The van der Waals surface area contributed by atoms with Crippen LogP contribution in [0, 0.1) is 23.7 Å². The molecule has 0 spiro atoms. The van der Waals surface area contributed by atoms with Gasteiger partial charge in [-0.3, -0.25) is 0 Å². The Morgan fingerprint density at radius 2 is 0.750 bits per heavy atom. The molecule has 0 radical (unpaired) electrons. The fraction of sp³-hybridized carbons (Fsp3) is 0.455. The maximum Gasteiger partial charge on any atom is 0.119 e. The van der Waals surface area contributed by atoms with Crippen molar-refractivity contribution in [2.24, 2.45) is 0 Å². The van der Waals surface area contributed by atoms with E-state index in [2.05, 4.69) is 61.8 Å². The van der Waals surface area contributed by atoms with Crippen LogP contribution in [0.2, 0.25) is 0 Å². The average molecular weight is 679 g/mol. The SMILES string of the molecule is CCCCCCCCCCOc1ccc(C#Cc2ccc(-c3ccc(C#Cc4ccc(OCCCCCCCCCC)cc4)s3)s2)cc1. The zero-order chi connectivity index (χ0) is 33.5. The summed E-state index contributed by atoms with van der Waals surface area (Å²) in [4.78, 5) is 4.57. The lowest BCUT2D eigenvalue weighted by molar-refractivity contribution is 0.304. The zero-order valence-corrected chi connectivity index (χ0v) is 30.9. The van der Waals surface area contributed by atoms with Crippen LogP contribution < -0.4 is 9.47 Å². The first-order valence-corrected chi connectivity index (χ1v) is 20.1. The van der Waals surface area contributed by atoms with Crippen LogP contribution >= 0.6 is 22.7 Å². The molecule has 2 aromatic heterocycles. The van der Waals surface area contributed by atoms with Gasteiger partial charge in [-0.1, -0.05) is 127 Å². The molecule has 48 heavy (non-hydrogen) atoms. The quantitative estimate of drug-likeness (QED) is 0.0645. The topological polar surface area (TPSA) is 18.5 Å². The van der Waals surface area contributed by atoms with Crippen LogP contribution in [-0.4, -0.2) is 13.2 Å². The largest absolute Gasteiger partial charge is 0.494 e. The van der Waals surface area contributed by atoms with E-state index in [1.165, 1.54) is 99.6 Å². The van der Waals surface area contributed by atoms with Gasteiger partial charge in [-0.25, -0.2) is 0 Å². The minimum atomic E-state index is 0.788. The lowest BCUT2D eigenvalue weighted by Crippen LogP contribution is -1.97. The van der Waals surface area contributed by atoms with Crippen molar-refractivity contribution in [1.82, 2.24) is 0 Å². The summed E-state index contributed by atoms with van der Waals surface area (Å²) in [5.41, 5.74) is 2.00. The first-order valence-electron chi connectivity index (χ1n) is 18.4. The molecule has 0 saturated carbocycles. The van der Waals surface area contributed by atoms with Gasteiger partial charge in [0.15, 0.2) is 0 Å². The molecule has 0 N–H and O–H groups in total. The van der Waals surface area contributed by atoms with Crippen LogP contribution in [-0.2, 0) is 0 Å². The molecule has 0 saturated heterocycles. The Hall–Kier alpha value is -3.44. The summed E-state index contributed by atoms with van der Waals surface area (Å²) < 4.78 is 11.9. The molecule has 4 heteroatoms. The van der Waals surface area contributed by atoms with E-state index in [9.17, 15) is 0 Å². The van der Waals surface area contributed by atoms with Gasteiger partial charge < -0.3 is 9.47 Å². The Morgan fingerprint density at radius 3 is 1.12 bits per heavy atom. The number of ether oxygens (including phenoxy) is 2. The van der Waals surface area contributed by atoms with Crippen molar-refractivity contribution in [3.05, 3.63) is 93.7 Å². The monoisotopic (exact) mass is 678 g/mol. The summed E-state index contributed by atoms with van der Waals surface area (Å²) in [5, 5.41) is 0. The van der Waals surface area contributed by atoms with E-state index in [1.54, 1.807) is 22.7 Å². The van der Waals surface area contributed by atoms with Crippen molar-refractivity contribution in [3.63, 3.8) is 0 Å². The highest BCUT2D eigenvalue weighted by molar-refractivity contribution is 7.22. The third-order valence-electron chi connectivity index (χ3n) is 8.36. The Bertz CT molecular complexity index is 1430. The molecule has 0 unspecified atom stereocenters. The zero-order valence-electron chi connectivity index (χ0n) is 29.3. The van der Waals surface area contributed by atoms with Crippen molar-refractivity contribution in [3.8, 4) is 44.9 Å². The van der Waals surface area contributed by atoms with Crippen molar-refractivity contribution >= 4 is 22.7 Å². The minimum Gasteiger partial charge on any atom is -0.494 e. The highest BCUT2D eigenvalue weighted by Crippen LogP contribution is 2.33. The maximum absolute atomic E-state index is 5.94. The number of hydrogen-bond acceptors (Lipinski definition) is 4. The van der Waals surface area contributed by atoms with Gasteiger partial charge in [-0.2, -0.15) is 0 Å². The first-order chi connectivity index (χ1) is 23.7. The molecule has 2 aromatic carbocycles. The molecule has 0 amide bonds. The van der Waals surface area contributed by atoms with Gasteiger partial charge in [0.05, 0.1) is 23.0 Å². The summed E-state index contributed by atoms with van der Waals surface area (Å²) in [6.45, 7) is 6.11. The maximum atomic E-state index is 5.94. The summed E-state index contributed by atoms with van der Waals surface area (Å²) >= 11 is 3.45. The van der Waals surface area contributed by atoms with Crippen molar-refractivity contribution in [1.29, 1.82) is 0 Å². The number of unbranched alkanes of at least 4 members (excludes halogenated alkanes) is 14. The van der Waals surface area contributed by atoms with E-state index in [1.807, 2.05) is 48.5 Å². The predicted octanol–water partition coefficient (Wildman–Crippen LogP) is 13.3. The molecule has 4 rings (SSSR count). The average Bonchev–Trinajstić information content (AvgIpc) is 3.80. The molecule has 0 aliphatic heterocycles. The number of rotatable bonds is 21. The predicted molar refractivity (Wildman–Crippen MR) is 209 cm³/mol. The molecule has 0 fully saturated rings. The molecule has 254 valence electrons. The number of benzene rings is 2. The fourth-order valence-corrected chi connectivity index (χ4v) is 7.27. The minimum absolute atomic E-state index is 0.788. The lowest BCUT2D eigenvalue weighted by atomic mass is 10.1. The van der Waals surface area contributed by atoms with E-state index in [0.717, 1.165) is 58.4 Å². The van der Waals surface area contributed by atoms with Crippen molar-refractivity contribution in [2.75, 3.05) is 13.2 Å². The Balaban J connectivity index is 1.16.